The van der Waals surface area contributed by atoms with Crippen LogP contribution in [0.15, 0.2) is 42.5 Å². The third kappa shape index (κ3) is 2.38. The number of aromatic nitrogens is 2. The largest absolute Gasteiger partial charge is 0.486 e. The van der Waals surface area contributed by atoms with Gasteiger partial charge in [0.2, 0.25) is 0 Å². The number of aromatic amines is 1. The van der Waals surface area contributed by atoms with Crippen LogP contribution in [0.2, 0.25) is 0 Å². The van der Waals surface area contributed by atoms with Gasteiger partial charge in [-0.25, -0.2) is 0 Å². The molecular weight excluding hydrogens is 302 g/mol. The minimum absolute atomic E-state index is 0.553. The number of nitrogens with zero attached hydrogens (tertiary/aromatic N) is 2. The first-order chi connectivity index (χ1) is 11.8. The molecule has 118 valence electrons. The Morgan fingerprint density at radius 1 is 1.04 bits per heavy atom. The third-order valence-electron chi connectivity index (χ3n) is 4.04. The highest BCUT2D eigenvalue weighted by molar-refractivity contribution is 5.83. The molecular formula is C19H15N3O2. The van der Waals surface area contributed by atoms with Crippen LogP contribution in [0.4, 0.5) is 0 Å². The van der Waals surface area contributed by atoms with Gasteiger partial charge in [0.1, 0.15) is 18.9 Å². The number of nitrogens with one attached hydrogen (secondary N) is 1. The fourth-order valence-corrected chi connectivity index (χ4v) is 2.93. The SMILES string of the molecule is Cc1[nH]nc(-c2cccc(C#N)c2)c1-c1ccc2c(c1)OCCO2. The molecule has 0 unspecified atom stereocenters. The summed E-state index contributed by atoms with van der Waals surface area (Å²) in [5, 5.41) is 16.6. The quantitative estimate of drug-likeness (QED) is 0.782. The second kappa shape index (κ2) is 5.74. The van der Waals surface area contributed by atoms with Gasteiger partial charge < -0.3 is 9.47 Å². The smallest absolute Gasteiger partial charge is 0.161 e. The van der Waals surface area contributed by atoms with Crippen LogP contribution < -0.4 is 9.47 Å². The standard InChI is InChI=1S/C19H15N3O2/c1-12-18(14-5-6-16-17(10-14)24-8-7-23-16)19(22-21-12)15-4-2-3-13(9-15)11-20/h2-6,9-10H,7-8H2,1H3,(H,21,22). The summed E-state index contributed by atoms with van der Waals surface area (Å²) >= 11 is 0. The van der Waals surface area contributed by atoms with Crippen molar-refractivity contribution in [3.05, 3.63) is 53.7 Å². The second-order valence-corrected chi connectivity index (χ2v) is 5.62. The highest BCUT2D eigenvalue weighted by Crippen LogP contribution is 2.39. The molecule has 3 aromatic rings. The molecule has 2 heterocycles. The zero-order valence-corrected chi connectivity index (χ0v) is 13.2. The molecule has 1 N–H and O–H groups in total. The second-order valence-electron chi connectivity index (χ2n) is 5.62. The summed E-state index contributed by atoms with van der Waals surface area (Å²) in [7, 11) is 0. The molecule has 0 amide bonds. The first kappa shape index (κ1) is 14.3. The third-order valence-corrected chi connectivity index (χ3v) is 4.04. The summed E-state index contributed by atoms with van der Waals surface area (Å²) in [4.78, 5) is 0. The molecule has 24 heavy (non-hydrogen) atoms. The van der Waals surface area contributed by atoms with Crippen molar-refractivity contribution in [2.24, 2.45) is 0 Å². The van der Waals surface area contributed by atoms with E-state index in [-0.39, 0.29) is 0 Å². The van der Waals surface area contributed by atoms with Crippen molar-refractivity contribution in [3.8, 4) is 40.0 Å². The summed E-state index contributed by atoms with van der Waals surface area (Å²) in [6.45, 7) is 3.11. The Hall–Kier alpha value is -3.26. The summed E-state index contributed by atoms with van der Waals surface area (Å²) in [5.74, 6) is 1.51. The molecule has 0 aliphatic carbocycles. The maximum absolute atomic E-state index is 9.12. The van der Waals surface area contributed by atoms with Gasteiger partial charge in [0.15, 0.2) is 11.5 Å². The van der Waals surface area contributed by atoms with E-state index in [4.69, 9.17) is 14.7 Å². The Labute approximate surface area is 139 Å². The zero-order chi connectivity index (χ0) is 16.5. The molecule has 5 nitrogen and oxygen atoms in total. The maximum atomic E-state index is 9.12. The van der Waals surface area contributed by atoms with E-state index in [2.05, 4.69) is 16.3 Å². The predicted molar refractivity (Wildman–Crippen MR) is 89.9 cm³/mol. The van der Waals surface area contributed by atoms with E-state index in [1.807, 2.05) is 43.3 Å². The van der Waals surface area contributed by atoms with Gasteiger partial charge in [0.05, 0.1) is 11.6 Å². The normalized spacial score (nSPS) is 12.7. The molecule has 0 atom stereocenters. The first-order valence-electron chi connectivity index (χ1n) is 7.72. The number of H-pyrrole nitrogens is 1. The summed E-state index contributed by atoms with van der Waals surface area (Å²) in [6, 6.07) is 15.5. The van der Waals surface area contributed by atoms with E-state index in [0.717, 1.165) is 39.6 Å². The molecule has 0 fully saturated rings. The van der Waals surface area contributed by atoms with E-state index in [1.54, 1.807) is 6.07 Å². The average Bonchev–Trinajstić information content (AvgIpc) is 3.03. The Balaban J connectivity index is 1.85. The molecule has 1 aliphatic heterocycles. The van der Waals surface area contributed by atoms with Crippen LogP contribution in [-0.2, 0) is 0 Å². The van der Waals surface area contributed by atoms with Crippen LogP contribution in [0, 0.1) is 18.3 Å². The van der Waals surface area contributed by atoms with E-state index in [9.17, 15) is 0 Å². The van der Waals surface area contributed by atoms with Gasteiger partial charge in [-0.2, -0.15) is 10.4 Å². The number of nitriles is 1. The minimum atomic E-state index is 0.553. The first-order valence-corrected chi connectivity index (χ1v) is 7.72. The highest BCUT2D eigenvalue weighted by Gasteiger charge is 2.18. The Bertz CT molecular complexity index is 953. The molecule has 4 rings (SSSR count). The number of hydrogen-bond acceptors (Lipinski definition) is 4. The number of benzene rings is 2. The molecule has 0 spiro atoms. The average molecular weight is 317 g/mol. The fraction of sp³-hybridized carbons (Fsp3) is 0.158. The van der Waals surface area contributed by atoms with Gasteiger partial charge in [-0.15, -0.1) is 0 Å². The topological polar surface area (TPSA) is 70.9 Å². The molecule has 2 aromatic carbocycles. The molecule has 5 heteroatoms. The molecule has 0 saturated heterocycles. The number of fused-ring (bicyclic) bond motifs is 1. The van der Waals surface area contributed by atoms with Gasteiger partial charge in [-0.3, -0.25) is 5.10 Å². The monoisotopic (exact) mass is 317 g/mol. The lowest BCUT2D eigenvalue weighted by molar-refractivity contribution is 0.171. The van der Waals surface area contributed by atoms with Gasteiger partial charge in [-0.05, 0) is 36.8 Å². The lowest BCUT2D eigenvalue weighted by Crippen LogP contribution is -2.15. The zero-order valence-electron chi connectivity index (χ0n) is 13.2. The van der Waals surface area contributed by atoms with Crippen molar-refractivity contribution in [2.75, 3.05) is 13.2 Å². The van der Waals surface area contributed by atoms with Crippen LogP contribution in [0.25, 0.3) is 22.4 Å². The Morgan fingerprint density at radius 2 is 1.88 bits per heavy atom. The summed E-state index contributed by atoms with van der Waals surface area (Å²) < 4.78 is 11.3. The Morgan fingerprint density at radius 3 is 2.71 bits per heavy atom. The van der Waals surface area contributed by atoms with Crippen LogP contribution in [0.5, 0.6) is 11.5 Å². The van der Waals surface area contributed by atoms with Gasteiger partial charge in [0.25, 0.3) is 0 Å². The lowest BCUT2D eigenvalue weighted by Gasteiger charge is -2.19. The van der Waals surface area contributed by atoms with Crippen LogP contribution >= 0.6 is 0 Å². The van der Waals surface area contributed by atoms with Crippen molar-refractivity contribution in [3.63, 3.8) is 0 Å². The molecule has 1 aliphatic rings. The van der Waals surface area contributed by atoms with E-state index < -0.39 is 0 Å². The van der Waals surface area contributed by atoms with Crippen molar-refractivity contribution in [2.45, 2.75) is 6.92 Å². The highest BCUT2D eigenvalue weighted by atomic mass is 16.6. The number of hydrogen-bond donors (Lipinski definition) is 1. The minimum Gasteiger partial charge on any atom is -0.486 e. The van der Waals surface area contributed by atoms with Crippen molar-refractivity contribution in [1.82, 2.24) is 10.2 Å². The maximum Gasteiger partial charge on any atom is 0.161 e. The van der Waals surface area contributed by atoms with Crippen LogP contribution in [0.3, 0.4) is 0 Å². The van der Waals surface area contributed by atoms with Gasteiger partial charge >= 0.3 is 0 Å². The number of ether oxygens (including phenoxy) is 2. The molecule has 1 aromatic heterocycles. The van der Waals surface area contributed by atoms with Crippen LogP contribution in [-0.4, -0.2) is 23.4 Å². The summed E-state index contributed by atoms with van der Waals surface area (Å²) in [6.07, 6.45) is 0. The summed E-state index contributed by atoms with van der Waals surface area (Å²) in [5.41, 5.74) is 5.31. The van der Waals surface area contributed by atoms with Crippen molar-refractivity contribution < 1.29 is 9.47 Å². The van der Waals surface area contributed by atoms with Crippen LogP contribution in [0.1, 0.15) is 11.3 Å². The fourth-order valence-electron chi connectivity index (χ4n) is 2.93. The molecule has 0 saturated carbocycles. The molecule has 0 radical (unpaired) electrons. The Kier molecular flexibility index (Phi) is 3.43. The van der Waals surface area contributed by atoms with Gasteiger partial charge in [0, 0.05) is 16.8 Å². The predicted octanol–water partition coefficient (Wildman–Crippen LogP) is 3.70. The lowest BCUT2D eigenvalue weighted by atomic mass is 9.98. The van der Waals surface area contributed by atoms with E-state index >= 15 is 0 Å². The van der Waals surface area contributed by atoms with E-state index in [0.29, 0.717) is 18.8 Å². The molecule has 0 bridgehead atoms. The van der Waals surface area contributed by atoms with Crippen molar-refractivity contribution in [1.29, 1.82) is 5.26 Å². The van der Waals surface area contributed by atoms with Crippen molar-refractivity contribution >= 4 is 0 Å². The van der Waals surface area contributed by atoms with Gasteiger partial charge in [-0.1, -0.05) is 18.2 Å². The van der Waals surface area contributed by atoms with E-state index in [1.165, 1.54) is 0 Å². The number of rotatable bonds is 2. The number of aryl methyl sites for hydroxylation is 1.